The Kier molecular flexibility index (Phi) is 6.87. The summed E-state index contributed by atoms with van der Waals surface area (Å²) in [4.78, 5) is 0. The summed E-state index contributed by atoms with van der Waals surface area (Å²) < 4.78 is 12.6. The SMILES string of the molecule is CC(C)C[Si](C)(C)OCCOc1cc(Cl)ccc1Br. The van der Waals surface area contributed by atoms with Gasteiger partial charge in [-0.05, 0) is 59.2 Å². The van der Waals surface area contributed by atoms with Gasteiger partial charge < -0.3 is 9.16 Å². The number of hydrogen-bond acceptors (Lipinski definition) is 2. The molecule has 1 aromatic rings. The molecule has 0 radical (unpaired) electrons. The summed E-state index contributed by atoms with van der Waals surface area (Å²) in [5, 5.41) is 0.675. The van der Waals surface area contributed by atoms with E-state index < -0.39 is 8.32 Å². The molecule has 0 saturated heterocycles. The zero-order valence-electron chi connectivity index (χ0n) is 12.0. The second-order valence-corrected chi connectivity index (χ2v) is 11.1. The van der Waals surface area contributed by atoms with Gasteiger partial charge in [-0.15, -0.1) is 0 Å². The average Bonchev–Trinajstić information content (AvgIpc) is 2.27. The molecule has 0 fully saturated rings. The summed E-state index contributed by atoms with van der Waals surface area (Å²) in [6, 6.07) is 6.69. The largest absolute Gasteiger partial charge is 0.490 e. The van der Waals surface area contributed by atoms with Crippen LogP contribution in [-0.2, 0) is 4.43 Å². The molecule has 2 nitrogen and oxygen atoms in total. The Labute approximate surface area is 130 Å². The Balaban J connectivity index is 2.36. The van der Waals surface area contributed by atoms with Crippen molar-refractivity contribution in [1.82, 2.24) is 0 Å². The van der Waals surface area contributed by atoms with Crippen LogP contribution in [-0.4, -0.2) is 21.5 Å². The molecule has 0 heterocycles. The minimum atomic E-state index is -1.55. The van der Waals surface area contributed by atoms with Gasteiger partial charge in [-0.25, -0.2) is 0 Å². The lowest BCUT2D eigenvalue weighted by atomic mass is 10.3. The molecule has 0 aliphatic heterocycles. The van der Waals surface area contributed by atoms with Crippen molar-refractivity contribution in [3.05, 3.63) is 27.7 Å². The van der Waals surface area contributed by atoms with E-state index in [0.29, 0.717) is 24.2 Å². The number of rotatable bonds is 7. The second kappa shape index (κ2) is 7.67. The smallest absolute Gasteiger partial charge is 0.187 e. The van der Waals surface area contributed by atoms with Gasteiger partial charge in [0.25, 0.3) is 0 Å². The van der Waals surface area contributed by atoms with E-state index in [1.807, 2.05) is 18.2 Å². The van der Waals surface area contributed by atoms with Gasteiger partial charge in [0.2, 0.25) is 0 Å². The zero-order valence-corrected chi connectivity index (χ0v) is 15.3. The molecule has 0 aliphatic carbocycles. The predicted octanol–water partition coefficient (Wildman–Crippen LogP) is 5.36. The van der Waals surface area contributed by atoms with Crippen LogP contribution in [0.2, 0.25) is 24.2 Å². The minimum Gasteiger partial charge on any atom is -0.490 e. The molecule has 0 unspecified atom stereocenters. The van der Waals surface area contributed by atoms with Crippen LogP contribution >= 0.6 is 27.5 Å². The first kappa shape index (κ1) is 17.0. The number of benzene rings is 1. The molecule has 1 rings (SSSR count). The molecule has 0 N–H and O–H groups in total. The van der Waals surface area contributed by atoms with Crippen molar-refractivity contribution in [1.29, 1.82) is 0 Å². The molecule has 1 aromatic carbocycles. The fourth-order valence-corrected chi connectivity index (χ4v) is 5.34. The Hall–Kier alpha value is -0.0331. The van der Waals surface area contributed by atoms with Crippen molar-refractivity contribution in [3.63, 3.8) is 0 Å². The fourth-order valence-electron chi connectivity index (χ4n) is 2.10. The predicted molar refractivity (Wildman–Crippen MR) is 87.7 cm³/mol. The Morgan fingerprint density at radius 3 is 2.58 bits per heavy atom. The van der Waals surface area contributed by atoms with Crippen molar-refractivity contribution < 1.29 is 9.16 Å². The van der Waals surface area contributed by atoms with E-state index in [2.05, 4.69) is 42.9 Å². The third kappa shape index (κ3) is 6.79. The number of halogens is 2. The molecule has 0 aliphatic rings. The van der Waals surface area contributed by atoms with Gasteiger partial charge in [0.05, 0.1) is 11.1 Å². The summed E-state index contributed by atoms with van der Waals surface area (Å²) in [7, 11) is -1.55. The van der Waals surface area contributed by atoms with E-state index in [0.717, 1.165) is 10.2 Å². The summed E-state index contributed by atoms with van der Waals surface area (Å²) >= 11 is 9.37. The van der Waals surface area contributed by atoms with Crippen molar-refractivity contribution in [2.75, 3.05) is 13.2 Å². The van der Waals surface area contributed by atoms with E-state index in [9.17, 15) is 0 Å². The molecule has 0 saturated carbocycles. The minimum absolute atomic E-state index is 0.549. The number of ether oxygens (including phenoxy) is 1. The molecule has 19 heavy (non-hydrogen) atoms. The first-order valence-electron chi connectivity index (χ1n) is 6.52. The van der Waals surface area contributed by atoms with E-state index in [4.69, 9.17) is 20.8 Å². The molecule has 5 heteroatoms. The van der Waals surface area contributed by atoms with Crippen LogP contribution < -0.4 is 4.74 Å². The van der Waals surface area contributed by atoms with E-state index >= 15 is 0 Å². The van der Waals surface area contributed by atoms with Crippen LogP contribution in [0.1, 0.15) is 13.8 Å². The van der Waals surface area contributed by atoms with Crippen LogP contribution in [0.3, 0.4) is 0 Å². The van der Waals surface area contributed by atoms with E-state index in [1.165, 1.54) is 6.04 Å². The average molecular weight is 366 g/mol. The summed E-state index contributed by atoms with van der Waals surface area (Å²) in [6.07, 6.45) is 0. The molecular formula is C14H22BrClO2Si. The van der Waals surface area contributed by atoms with Gasteiger partial charge >= 0.3 is 0 Å². The lowest BCUT2D eigenvalue weighted by molar-refractivity contribution is 0.208. The topological polar surface area (TPSA) is 18.5 Å². The monoisotopic (exact) mass is 364 g/mol. The van der Waals surface area contributed by atoms with E-state index in [-0.39, 0.29) is 0 Å². The third-order valence-corrected chi connectivity index (χ3v) is 6.30. The van der Waals surface area contributed by atoms with Gasteiger partial charge in [0.1, 0.15) is 12.4 Å². The van der Waals surface area contributed by atoms with Crippen molar-refractivity contribution in [2.45, 2.75) is 33.0 Å². The zero-order chi connectivity index (χ0) is 14.5. The molecular weight excluding hydrogens is 344 g/mol. The summed E-state index contributed by atoms with van der Waals surface area (Å²) in [5.74, 6) is 1.45. The van der Waals surface area contributed by atoms with Crippen molar-refractivity contribution in [2.24, 2.45) is 5.92 Å². The maximum atomic E-state index is 6.00. The summed E-state index contributed by atoms with van der Waals surface area (Å²) in [6.45, 7) is 10.2. The highest BCUT2D eigenvalue weighted by atomic mass is 79.9. The molecule has 0 spiro atoms. The summed E-state index contributed by atoms with van der Waals surface area (Å²) in [5.41, 5.74) is 0. The van der Waals surface area contributed by atoms with Crippen molar-refractivity contribution >= 4 is 35.8 Å². The van der Waals surface area contributed by atoms with Gasteiger partial charge in [-0.1, -0.05) is 25.4 Å². The third-order valence-electron chi connectivity index (χ3n) is 2.63. The highest BCUT2D eigenvalue weighted by Gasteiger charge is 2.23. The maximum Gasteiger partial charge on any atom is 0.187 e. The highest BCUT2D eigenvalue weighted by molar-refractivity contribution is 9.10. The highest BCUT2D eigenvalue weighted by Crippen LogP contribution is 2.28. The molecule has 0 amide bonds. The van der Waals surface area contributed by atoms with Gasteiger partial charge in [0, 0.05) is 5.02 Å². The van der Waals surface area contributed by atoms with Gasteiger partial charge in [0.15, 0.2) is 8.32 Å². The lowest BCUT2D eigenvalue weighted by Crippen LogP contribution is -2.33. The fraction of sp³-hybridized carbons (Fsp3) is 0.571. The lowest BCUT2D eigenvalue weighted by Gasteiger charge is -2.24. The molecule has 108 valence electrons. The molecule has 0 bridgehead atoms. The maximum absolute atomic E-state index is 6.00. The Bertz CT molecular complexity index is 410. The normalized spacial score (nSPS) is 11.9. The Morgan fingerprint density at radius 1 is 1.26 bits per heavy atom. The number of hydrogen-bond donors (Lipinski definition) is 0. The van der Waals surface area contributed by atoms with Crippen molar-refractivity contribution in [3.8, 4) is 5.75 Å². The van der Waals surface area contributed by atoms with Crippen LogP contribution in [0, 0.1) is 5.92 Å². The van der Waals surface area contributed by atoms with Gasteiger partial charge in [-0.2, -0.15) is 0 Å². The van der Waals surface area contributed by atoms with Crippen LogP contribution in [0.4, 0.5) is 0 Å². The van der Waals surface area contributed by atoms with Crippen LogP contribution in [0.25, 0.3) is 0 Å². The standard InChI is InChI=1S/C14H22BrClO2Si/c1-11(2)10-19(3,4)18-8-7-17-14-9-12(16)5-6-13(14)15/h5-6,9,11H,7-8,10H2,1-4H3. The van der Waals surface area contributed by atoms with Crippen LogP contribution in [0.15, 0.2) is 22.7 Å². The Morgan fingerprint density at radius 2 is 1.95 bits per heavy atom. The molecule has 0 aromatic heterocycles. The quantitative estimate of drug-likeness (QED) is 0.478. The van der Waals surface area contributed by atoms with Crippen LogP contribution in [0.5, 0.6) is 5.75 Å². The van der Waals surface area contributed by atoms with E-state index in [1.54, 1.807) is 0 Å². The first-order valence-corrected chi connectivity index (χ1v) is 10.8. The molecule has 0 atom stereocenters. The first-order chi connectivity index (χ1) is 8.80. The second-order valence-electron chi connectivity index (χ2n) is 5.63. The van der Waals surface area contributed by atoms with Gasteiger partial charge in [-0.3, -0.25) is 0 Å².